The number of thiazole rings is 1. The number of nitrogens with zero attached hydrogens (tertiary/aromatic N) is 3. The van der Waals surface area contributed by atoms with Crippen LogP contribution in [0.2, 0.25) is 0 Å². The highest BCUT2D eigenvalue weighted by molar-refractivity contribution is 7.11. The largest absolute Gasteiger partial charge is 0.338 e. The first kappa shape index (κ1) is 16.2. The first-order valence-electron chi connectivity index (χ1n) is 8.74. The highest BCUT2D eigenvalue weighted by Gasteiger charge is 2.26. The highest BCUT2D eigenvalue weighted by Crippen LogP contribution is 2.26. The van der Waals surface area contributed by atoms with Crippen molar-refractivity contribution in [3.05, 3.63) is 58.2 Å². The van der Waals surface area contributed by atoms with Gasteiger partial charge in [-0.05, 0) is 43.7 Å². The van der Waals surface area contributed by atoms with Crippen LogP contribution in [0.4, 0.5) is 0 Å². The summed E-state index contributed by atoms with van der Waals surface area (Å²) in [6.45, 7) is 3.58. The number of fused-ring (bicyclic) bond motifs is 1. The average Bonchev–Trinajstić information content (AvgIpc) is 3.08. The zero-order valence-electron chi connectivity index (χ0n) is 14.3. The lowest BCUT2D eigenvalue weighted by Gasteiger charge is -2.32. The Hall–Kier alpha value is -2.27. The molecule has 1 saturated heterocycles. The number of benzene rings is 1. The van der Waals surface area contributed by atoms with E-state index in [1.165, 1.54) is 22.3 Å². The number of likely N-dealkylation sites (tertiary alicyclic amines) is 1. The molecule has 4 rings (SSSR count). The zero-order valence-corrected chi connectivity index (χ0v) is 15.1. The summed E-state index contributed by atoms with van der Waals surface area (Å²) in [5.41, 5.74) is 4.97. The van der Waals surface area contributed by atoms with Crippen LogP contribution in [0.1, 0.15) is 33.8 Å². The molecule has 1 aromatic carbocycles. The number of hydrogen-bond donors (Lipinski definition) is 0. The van der Waals surface area contributed by atoms with Gasteiger partial charge in [0.2, 0.25) is 0 Å². The number of rotatable bonds is 3. The maximum Gasteiger partial charge on any atom is 0.265 e. The van der Waals surface area contributed by atoms with E-state index in [1.807, 2.05) is 24.1 Å². The van der Waals surface area contributed by atoms with Gasteiger partial charge in [-0.15, -0.1) is 11.3 Å². The van der Waals surface area contributed by atoms with Crippen LogP contribution < -0.4 is 0 Å². The fourth-order valence-electron chi connectivity index (χ4n) is 3.71. The molecular weight excluding hydrogens is 330 g/mol. The van der Waals surface area contributed by atoms with Gasteiger partial charge < -0.3 is 4.90 Å². The monoisotopic (exact) mass is 351 g/mol. The van der Waals surface area contributed by atoms with Crippen molar-refractivity contribution in [2.24, 2.45) is 5.92 Å². The number of carbonyl (C=O) groups excluding carboxylic acids is 1. The molecule has 0 radical (unpaired) electrons. The summed E-state index contributed by atoms with van der Waals surface area (Å²) in [6.07, 6.45) is 5.05. The summed E-state index contributed by atoms with van der Waals surface area (Å²) < 4.78 is 0. The summed E-state index contributed by atoms with van der Waals surface area (Å²) in [5, 5.41) is 1.18. The van der Waals surface area contributed by atoms with E-state index in [2.05, 4.69) is 34.2 Å². The summed E-state index contributed by atoms with van der Waals surface area (Å²) in [5.74, 6) is 0.624. The van der Waals surface area contributed by atoms with Crippen molar-refractivity contribution in [2.75, 3.05) is 13.1 Å². The Balaban J connectivity index is 1.52. The number of pyridine rings is 1. The quantitative estimate of drug-likeness (QED) is 0.714. The SMILES string of the molecule is Cc1ncsc1C(=O)N1CCC[C@H](Cc2cccc3cccnc23)C1. The van der Waals surface area contributed by atoms with E-state index < -0.39 is 0 Å². The van der Waals surface area contributed by atoms with Crippen molar-refractivity contribution in [3.8, 4) is 0 Å². The van der Waals surface area contributed by atoms with Crippen LogP contribution in [-0.2, 0) is 6.42 Å². The number of amides is 1. The van der Waals surface area contributed by atoms with Gasteiger partial charge in [0.1, 0.15) is 4.88 Å². The second-order valence-corrected chi connectivity index (χ2v) is 7.58. The summed E-state index contributed by atoms with van der Waals surface area (Å²) in [6, 6.07) is 10.5. The number of aromatic nitrogens is 2. The number of carbonyl (C=O) groups is 1. The van der Waals surface area contributed by atoms with E-state index in [4.69, 9.17) is 0 Å². The molecular formula is C20H21N3OS. The maximum absolute atomic E-state index is 12.8. The molecule has 3 heterocycles. The fraction of sp³-hybridized carbons (Fsp3) is 0.350. The molecule has 1 aliphatic heterocycles. The normalized spacial score (nSPS) is 17.8. The van der Waals surface area contributed by atoms with Crippen molar-refractivity contribution in [1.82, 2.24) is 14.9 Å². The number of para-hydroxylation sites is 1. The lowest BCUT2D eigenvalue weighted by atomic mass is 9.90. The third kappa shape index (κ3) is 3.29. The number of hydrogen-bond acceptors (Lipinski definition) is 4. The van der Waals surface area contributed by atoms with Crippen molar-refractivity contribution < 1.29 is 4.79 Å². The van der Waals surface area contributed by atoms with Gasteiger partial charge in [0, 0.05) is 24.7 Å². The zero-order chi connectivity index (χ0) is 17.2. The van der Waals surface area contributed by atoms with Crippen LogP contribution in [0.25, 0.3) is 10.9 Å². The summed E-state index contributed by atoms with van der Waals surface area (Å²) in [4.78, 5) is 24.4. The van der Waals surface area contributed by atoms with E-state index >= 15 is 0 Å². The van der Waals surface area contributed by atoms with Crippen LogP contribution in [0.15, 0.2) is 42.0 Å². The smallest absolute Gasteiger partial charge is 0.265 e. The standard InChI is InChI=1S/C20H21N3OS/c1-14-19(25-13-22-14)20(24)23-10-4-5-15(12-23)11-17-7-2-6-16-8-3-9-21-18(16)17/h2-3,6-9,13,15H,4-5,10-12H2,1H3/t15-/m1/s1. The van der Waals surface area contributed by atoms with Crippen molar-refractivity contribution in [2.45, 2.75) is 26.2 Å². The molecule has 0 aliphatic carbocycles. The molecule has 0 saturated carbocycles. The lowest BCUT2D eigenvalue weighted by molar-refractivity contribution is 0.0677. The minimum Gasteiger partial charge on any atom is -0.338 e. The molecule has 1 aliphatic rings. The van der Waals surface area contributed by atoms with E-state index in [9.17, 15) is 4.79 Å². The maximum atomic E-state index is 12.8. The van der Waals surface area contributed by atoms with Gasteiger partial charge >= 0.3 is 0 Å². The Morgan fingerprint density at radius 1 is 1.28 bits per heavy atom. The molecule has 1 amide bonds. The third-order valence-corrected chi connectivity index (χ3v) is 5.89. The van der Waals surface area contributed by atoms with Crippen LogP contribution in [0.3, 0.4) is 0 Å². The fourth-order valence-corrected chi connectivity index (χ4v) is 4.48. The Bertz CT molecular complexity index is 899. The second kappa shape index (κ2) is 6.92. The lowest BCUT2D eigenvalue weighted by Crippen LogP contribution is -2.40. The Kier molecular flexibility index (Phi) is 4.49. The van der Waals surface area contributed by atoms with Crippen molar-refractivity contribution in [3.63, 3.8) is 0 Å². The van der Waals surface area contributed by atoms with Crippen LogP contribution in [0, 0.1) is 12.8 Å². The number of aryl methyl sites for hydroxylation is 1. The van der Waals surface area contributed by atoms with Gasteiger partial charge in [0.15, 0.2) is 0 Å². The first-order valence-corrected chi connectivity index (χ1v) is 9.62. The summed E-state index contributed by atoms with van der Waals surface area (Å²) >= 11 is 1.45. The van der Waals surface area contributed by atoms with E-state index in [0.29, 0.717) is 5.92 Å². The minimum atomic E-state index is 0.140. The average molecular weight is 351 g/mol. The molecule has 2 aromatic heterocycles. The van der Waals surface area contributed by atoms with Crippen LogP contribution >= 0.6 is 11.3 Å². The summed E-state index contributed by atoms with van der Waals surface area (Å²) in [7, 11) is 0. The van der Waals surface area contributed by atoms with Crippen LogP contribution in [-0.4, -0.2) is 33.9 Å². The molecule has 128 valence electrons. The second-order valence-electron chi connectivity index (χ2n) is 6.72. The minimum absolute atomic E-state index is 0.140. The van der Waals surface area contributed by atoms with E-state index in [-0.39, 0.29) is 5.91 Å². The number of piperidine rings is 1. The molecule has 5 heteroatoms. The van der Waals surface area contributed by atoms with Gasteiger partial charge in [0.05, 0.1) is 16.7 Å². The molecule has 4 nitrogen and oxygen atoms in total. The predicted octanol–water partition coefficient (Wildman–Crippen LogP) is 4.09. The molecule has 3 aromatic rings. The van der Waals surface area contributed by atoms with Crippen molar-refractivity contribution in [1.29, 1.82) is 0 Å². The van der Waals surface area contributed by atoms with Gasteiger partial charge in [-0.3, -0.25) is 9.78 Å². The first-order chi connectivity index (χ1) is 12.2. The van der Waals surface area contributed by atoms with Crippen LogP contribution in [0.5, 0.6) is 0 Å². The van der Waals surface area contributed by atoms with Gasteiger partial charge in [-0.2, -0.15) is 0 Å². The highest BCUT2D eigenvalue weighted by atomic mass is 32.1. The molecule has 1 atom stereocenters. The van der Waals surface area contributed by atoms with Gasteiger partial charge in [0.25, 0.3) is 5.91 Å². The molecule has 0 spiro atoms. The Morgan fingerprint density at radius 2 is 2.16 bits per heavy atom. The van der Waals surface area contributed by atoms with E-state index in [1.54, 1.807) is 5.51 Å². The Morgan fingerprint density at radius 3 is 3.00 bits per heavy atom. The Labute approximate surface area is 151 Å². The predicted molar refractivity (Wildman–Crippen MR) is 101 cm³/mol. The van der Waals surface area contributed by atoms with Gasteiger partial charge in [-0.1, -0.05) is 24.3 Å². The van der Waals surface area contributed by atoms with Crippen molar-refractivity contribution >= 4 is 28.1 Å². The topological polar surface area (TPSA) is 46.1 Å². The molecule has 0 N–H and O–H groups in total. The molecule has 1 fully saturated rings. The third-order valence-electron chi connectivity index (χ3n) is 4.97. The van der Waals surface area contributed by atoms with Gasteiger partial charge in [-0.25, -0.2) is 4.98 Å². The van der Waals surface area contributed by atoms with E-state index in [0.717, 1.165) is 48.4 Å². The molecule has 0 bridgehead atoms. The molecule has 0 unspecified atom stereocenters. The molecule has 25 heavy (non-hydrogen) atoms.